The molecule has 0 atom stereocenters. The first-order valence-electron chi connectivity index (χ1n) is 4.98. The maximum Gasteiger partial charge on any atom is 0.164 e. The number of carbonyl (C=O) groups is 1. The van der Waals surface area contributed by atoms with Crippen molar-refractivity contribution in [2.75, 3.05) is 6.61 Å². The van der Waals surface area contributed by atoms with Crippen molar-refractivity contribution in [3.05, 3.63) is 29.7 Å². The molecular formula is C12H14O3. The van der Waals surface area contributed by atoms with Crippen molar-refractivity contribution in [3.8, 4) is 0 Å². The molecule has 1 aliphatic heterocycles. The standard InChI is InChI=1S/C12H14O3/c1-12(2)7-11(13)9(8-15-12)6-10-4-3-5-14-10/h3-6H,7-8H2,1-2H3/b9-6-. The molecule has 0 aromatic carbocycles. The van der Waals surface area contributed by atoms with Crippen LogP contribution < -0.4 is 0 Å². The molecule has 1 fully saturated rings. The lowest BCUT2D eigenvalue weighted by Gasteiger charge is -2.30. The average Bonchev–Trinajstić information content (AvgIpc) is 2.61. The Morgan fingerprint density at radius 1 is 1.47 bits per heavy atom. The number of furan rings is 1. The normalized spacial score (nSPS) is 23.3. The molecule has 0 aliphatic carbocycles. The summed E-state index contributed by atoms with van der Waals surface area (Å²) in [4.78, 5) is 11.7. The highest BCUT2D eigenvalue weighted by molar-refractivity contribution is 6.00. The zero-order valence-corrected chi connectivity index (χ0v) is 8.95. The van der Waals surface area contributed by atoms with Crippen LogP contribution in [0.2, 0.25) is 0 Å². The molecule has 1 aromatic heterocycles. The summed E-state index contributed by atoms with van der Waals surface area (Å²) < 4.78 is 10.7. The van der Waals surface area contributed by atoms with Crippen molar-refractivity contribution in [1.82, 2.24) is 0 Å². The van der Waals surface area contributed by atoms with Gasteiger partial charge in [-0.3, -0.25) is 4.79 Å². The molecule has 15 heavy (non-hydrogen) atoms. The van der Waals surface area contributed by atoms with Gasteiger partial charge in [0.05, 0.1) is 18.5 Å². The zero-order valence-electron chi connectivity index (χ0n) is 8.95. The van der Waals surface area contributed by atoms with Crippen LogP contribution in [-0.2, 0) is 9.53 Å². The first-order chi connectivity index (χ1) is 7.07. The van der Waals surface area contributed by atoms with Crippen LogP contribution in [0.25, 0.3) is 6.08 Å². The molecule has 2 rings (SSSR count). The smallest absolute Gasteiger partial charge is 0.164 e. The summed E-state index contributed by atoms with van der Waals surface area (Å²) >= 11 is 0. The Morgan fingerprint density at radius 2 is 2.27 bits per heavy atom. The van der Waals surface area contributed by atoms with Crippen LogP contribution in [0.5, 0.6) is 0 Å². The molecule has 0 spiro atoms. The second kappa shape index (κ2) is 3.66. The van der Waals surface area contributed by atoms with Crippen molar-refractivity contribution in [1.29, 1.82) is 0 Å². The predicted octanol–water partition coefficient (Wildman–Crippen LogP) is 2.43. The number of hydrogen-bond acceptors (Lipinski definition) is 3. The minimum absolute atomic E-state index is 0.141. The van der Waals surface area contributed by atoms with Gasteiger partial charge in [0, 0.05) is 12.0 Å². The van der Waals surface area contributed by atoms with E-state index in [0.29, 0.717) is 24.4 Å². The van der Waals surface area contributed by atoms with Gasteiger partial charge in [0.15, 0.2) is 5.78 Å². The van der Waals surface area contributed by atoms with Gasteiger partial charge in [-0.15, -0.1) is 0 Å². The fourth-order valence-corrected chi connectivity index (χ4v) is 1.57. The summed E-state index contributed by atoms with van der Waals surface area (Å²) in [6.45, 7) is 4.22. The highest BCUT2D eigenvalue weighted by atomic mass is 16.5. The molecule has 0 N–H and O–H groups in total. The second-order valence-electron chi connectivity index (χ2n) is 4.33. The lowest BCUT2D eigenvalue weighted by atomic mass is 9.94. The third-order valence-electron chi connectivity index (χ3n) is 2.42. The van der Waals surface area contributed by atoms with E-state index in [1.54, 1.807) is 18.4 Å². The van der Waals surface area contributed by atoms with E-state index >= 15 is 0 Å². The number of Topliss-reactive ketones (excluding diaryl/α,β-unsaturated/α-hetero) is 1. The first-order valence-corrected chi connectivity index (χ1v) is 4.98. The van der Waals surface area contributed by atoms with Gasteiger partial charge in [0.25, 0.3) is 0 Å². The van der Waals surface area contributed by atoms with E-state index in [-0.39, 0.29) is 11.4 Å². The quantitative estimate of drug-likeness (QED) is 0.662. The van der Waals surface area contributed by atoms with Gasteiger partial charge in [-0.1, -0.05) is 0 Å². The van der Waals surface area contributed by atoms with E-state index in [0.717, 1.165) is 0 Å². The minimum Gasteiger partial charge on any atom is -0.465 e. The molecular weight excluding hydrogens is 192 g/mol. The van der Waals surface area contributed by atoms with Gasteiger partial charge >= 0.3 is 0 Å². The van der Waals surface area contributed by atoms with E-state index < -0.39 is 0 Å². The maximum atomic E-state index is 11.7. The van der Waals surface area contributed by atoms with Crippen LogP contribution in [0.3, 0.4) is 0 Å². The van der Waals surface area contributed by atoms with Crippen molar-refractivity contribution in [2.24, 2.45) is 0 Å². The minimum atomic E-state index is -0.336. The summed E-state index contributed by atoms with van der Waals surface area (Å²) in [7, 11) is 0. The Hall–Kier alpha value is -1.35. The van der Waals surface area contributed by atoms with E-state index in [1.807, 2.05) is 19.9 Å². The predicted molar refractivity (Wildman–Crippen MR) is 56.3 cm³/mol. The summed E-state index contributed by atoms with van der Waals surface area (Å²) in [5.41, 5.74) is 0.349. The molecule has 0 radical (unpaired) electrons. The van der Waals surface area contributed by atoms with Gasteiger partial charge in [0.2, 0.25) is 0 Å². The Morgan fingerprint density at radius 3 is 2.87 bits per heavy atom. The molecule has 0 unspecified atom stereocenters. The largest absolute Gasteiger partial charge is 0.465 e. The Balaban J connectivity index is 2.16. The molecule has 3 heteroatoms. The number of rotatable bonds is 1. The van der Waals surface area contributed by atoms with Crippen molar-refractivity contribution in [2.45, 2.75) is 25.9 Å². The summed E-state index contributed by atoms with van der Waals surface area (Å²) in [6.07, 6.45) is 3.77. The van der Waals surface area contributed by atoms with E-state index in [1.165, 1.54) is 0 Å². The van der Waals surface area contributed by atoms with Crippen LogP contribution in [0, 0.1) is 0 Å². The van der Waals surface area contributed by atoms with Crippen molar-refractivity contribution < 1.29 is 13.9 Å². The topological polar surface area (TPSA) is 39.4 Å². The highest BCUT2D eigenvalue weighted by Crippen LogP contribution is 2.25. The summed E-state index contributed by atoms with van der Waals surface area (Å²) in [5, 5.41) is 0. The van der Waals surface area contributed by atoms with Crippen LogP contribution in [0.15, 0.2) is 28.4 Å². The second-order valence-corrected chi connectivity index (χ2v) is 4.33. The molecule has 1 aromatic rings. The molecule has 3 nitrogen and oxygen atoms in total. The highest BCUT2D eigenvalue weighted by Gasteiger charge is 2.30. The zero-order chi connectivity index (χ0) is 10.9. The Bertz CT molecular complexity index is 385. The fourth-order valence-electron chi connectivity index (χ4n) is 1.57. The van der Waals surface area contributed by atoms with E-state index in [2.05, 4.69) is 0 Å². The third kappa shape index (κ3) is 2.36. The molecule has 0 amide bonds. The fraction of sp³-hybridized carbons (Fsp3) is 0.417. The molecule has 1 aliphatic rings. The molecule has 0 bridgehead atoms. The van der Waals surface area contributed by atoms with Crippen molar-refractivity contribution in [3.63, 3.8) is 0 Å². The molecule has 80 valence electrons. The van der Waals surface area contributed by atoms with E-state index in [4.69, 9.17) is 9.15 Å². The summed E-state index contributed by atoms with van der Waals surface area (Å²) in [6, 6.07) is 3.62. The summed E-state index contributed by atoms with van der Waals surface area (Å²) in [5.74, 6) is 0.837. The number of ether oxygens (including phenoxy) is 1. The number of ketones is 1. The first kappa shape index (κ1) is 10.2. The Kier molecular flexibility index (Phi) is 2.49. The maximum absolute atomic E-state index is 11.7. The van der Waals surface area contributed by atoms with E-state index in [9.17, 15) is 4.79 Å². The van der Waals surface area contributed by atoms with Crippen LogP contribution in [0.1, 0.15) is 26.0 Å². The number of carbonyl (C=O) groups excluding carboxylic acids is 1. The van der Waals surface area contributed by atoms with Gasteiger partial charge in [-0.25, -0.2) is 0 Å². The molecule has 1 saturated heterocycles. The lowest BCUT2D eigenvalue weighted by Crippen LogP contribution is -2.35. The SMILES string of the molecule is CC1(C)CC(=O)/C(=C\c2ccco2)CO1. The lowest BCUT2D eigenvalue weighted by molar-refractivity contribution is -0.127. The Labute approximate surface area is 88.7 Å². The molecule has 2 heterocycles. The van der Waals surface area contributed by atoms with Gasteiger partial charge < -0.3 is 9.15 Å². The van der Waals surface area contributed by atoms with Crippen molar-refractivity contribution >= 4 is 11.9 Å². The van der Waals surface area contributed by atoms with Gasteiger partial charge in [0.1, 0.15) is 5.76 Å². The third-order valence-corrected chi connectivity index (χ3v) is 2.42. The van der Waals surface area contributed by atoms with Crippen LogP contribution >= 0.6 is 0 Å². The van der Waals surface area contributed by atoms with Gasteiger partial charge in [-0.05, 0) is 32.1 Å². The molecule has 0 saturated carbocycles. The number of hydrogen-bond donors (Lipinski definition) is 0. The monoisotopic (exact) mass is 206 g/mol. The van der Waals surface area contributed by atoms with Crippen LogP contribution in [-0.4, -0.2) is 18.0 Å². The average molecular weight is 206 g/mol. The van der Waals surface area contributed by atoms with Crippen LogP contribution in [0.4, 0.5) is 0 Å². The van der Waals surface area contributed by atoms with Gasteiger partial charge in [-0.2, -0.15) is 0 Å².